The number of ether oxygens (including phenoxy) is 2. The Labute approximate surface area is 169 Å². The summed E-state index contributed by atoms with van der Waals surface area (Å²) in [5, 5.41) is 5.17. The molecule has 0 amide bonds. The van der Waals surface area contributed by atoms with Crippen molar-refractivity contribution in [2.75, 3.05) is 7.11 Å². The molecule has 0 aliphatic heterocycles. The van der Waals surface area contributed by atoms with Crippen LogP contribution in [0.15, 0.2) is 30.3 Å². The Hall–Kier alpha value is -3.48. The SMILES string of the molecule is COC(=O)c1c(COC(=O)/C=C/c2c(C)nn(C)c2C)nc2ccccc2c1C. The lowest BCUT2D eigenvalue weighted by Gasteiger charge is -2.13. The largest absolute Gasteiger partial charge is 0.465 e. The zero-order valence-electron chi connectivity index (χ0n) is 17.1. The second-order valence-electron chi connectivity index (χ2n) is 6.72. The van der Waals surface area contributed by atoms with E-state index in [1.165, 1.54) is 13.2 Å². The van der Waals surface area contributed by atoms with Gasteiger partial charge in [-0.05, 0) is 38.5 Å². The summed E-state index contributed by atoms with van der Waals surface area (Å²) in [6.45, 7) is 5.50. The fourth-order valence-electron chi connectivity index (χ4n) is 3.29. The van der Waals surface area contributed by atoms with Crippen LogP contribution >= 0.6 is 0 Å². The van der Waals surface area contributed by atoms with Gasteiger partial charge in [-0.2, -0.15) is 5.10 Å². The molecule has 3 aromatic rings. The Kier molecular flexibility index (Phi) is 5.77. The maximum atomic E-state index is 12.3. The number of hydrogen-bond acceptors (Lipinski definition) is 6. The second-order valence-corrected chi connectivity index (χ2v) is 6.72. The number of para-hydroxylation sites is 1. The lowest BCUT2D eigenvalue weighted by Crippen LogP contribution is -2.13. The van der Waals surface area contributed by atoms with E-state index in [0.717, 1.165) is 33.4 Å². The number of carbonyl (C=O) groups excluding carboxylic acids is 2. The minimum atomic E-state index is -0.531. The highest BCUT2D eigenvalue weighted by atomic mass is 16.5. The second kappa shape index (κ2) is 8.26. The molecule has 3 rings (SSSR count). The van der Waals surface area contributed by atoms with E-state index >= 15 is 0 Å². The first kappa shape index (κ1) is 20.3. The van der Waals surface area contributed by atoms with Crippen LogP contribution in [0.5, 0.6) is 0 Å². The Morgan fingerprint density at radius 2 is 1.90 bits per heavy atom. The van der Waals surface area contributed by atoms with Crippen LogP contribution in [-0.2, 0) is 27.9 Å². The van der Waals surface area contributed by atoms with Crippen molar-refractivity contribution >= 4 is 28.9 Å². The van der Waals surface area contributed by atoms with Crippen molar-refractivity contribution < 1.29 is 19.1 Å². The predicted octanol–water partition coefficient (Wildman–Crippen LogP) is 3.44. The van der Waals surface area contributed by atoms with Gasteiger partial charge in [0.25, 0.3) is 0 Å². The van der Waals surface area contributed by atoms with Gasteiger partial charge in [-0.3, -0.25) is 4.68 Å². The Bertz CT molecular complexity index is 1130. The quantitative estimate of drug-likeness (QED) is 0.488. The van der Waals surface area contributed by atoms with Crippen LogP contribution in [0.2, 0.25) is 0 Å². The van der Waals surface area contributed by atoms with Gasteiger partial charge in [0.05, 0.1) is 29.6 Å². The third kappa shape index (κ3) is 4.03. The number of hydrogen-bond donors (Lipinski definition) is 0. The van der Waals surface area contributed by atoms with Gasteiger partial charge in [-0.25, -0.2) is 14.6 Å². The predicted molar refractivity (Wildman–Crippen MR) is 109 cm³/mol. The van der Waals surface area contributed by atoms with Gasteiger partial charge in [0.1, 0.15) is 6.61 Å². The van der Waals surface area contributed by atoms with Crippen molar-refractivity contribution in [3.8, 4) is 0 Å². The molecule has 7 heteroatoms. The molecule has 0 unspecified atom stereocenters. The summed E-state index contributed by atoms with van der Waals surface area (Å²) >= 11 is 0. The minimum Gasteiger partial charge on any atom is -0.465 e. The molecule has 29 heavy (non-hydrogen) atoms. The molecule has 0 atom stereocenters. The highest BCUT2D eigenvalue weighted by molar-refractivity contribution is 5.98. The van der Waals surface area contributed by atoms with Crippen molar-refractivity contribution in [2.45, 2.75) is 27.4 Å². The normalized spacial score (nSPS) is 11.2. The zero-order chi connectivity index (χ0) is 21.1. The molecule has 0 radical (unpaired) electrons. The average Bonchev–Trinajstić information content (AvgIpc) is 2.95. The van der Waals surface area contributed by atoms with Crippen molar-refractivity contribution in [1.29, 1.82) is 0 Å². The molecular formula is C22H23N3O4. The van der Waals surface area contributed by atoms with E-state index in [1.807, 2.05) is 52.1 Å². The van der Waals surface area contributed by atoms with Crippen LogP contribution < -0.4 is 0 Å². The number of pyridine rings is 1. The fourth-order valence-corrected chi connectivity index (χ4v) is 3.29. The summed E-state index contributed by atoms with van der Waals surface area (Å²) < 4.78 is 12.0. The summed E-state index contributed by atoms with van der Waals surface area (Å²) in [6.07, 6.45) is 3.03. The monoisotopic (exact) mass is 393 g/mol. The number of nitrogens with zero attached hydrogens (tertiary/aromatic N) is 3. The molecule has 0 aliphatic rings. The zero-order valence-corrected chi connectivity index (χ0v) is 17.1. The molecule has 150 valence electrons. The number of fused-ring (bicyclic) bond motifs is 1. The van der Waals surface area contributed by atoms with Crippen molar-refractivity contribution in [3.05, 3.63) is 64.1 Å². The number of rotatable bonds is 5. The van der Waals surface area contributed by atoms with Gasteiger partial charge < -0.3 is 9.47 Å². The first-order valence-electron chi connectivity index (χ1n) is 9.15. The highest BCUT2D eigenvalue weighted by Crippen LogP contribution is 2.24. The van der Waals surface area contributed by atoms with Gasteiger partial charge in [-0.15, -0.1) is 0 Å². The van der Waals surface area contributed by atoms with Crippen LogP contribution in [0.4, 0.5) is 0 Å². The van der Waals surface area contributed by atoms with Crippen molar-refractivity contribution in [3.63, 3.8) is 0 Å². The van der Waals surface area contributed by atoms with E-state index in [2.05, 4.69) is 10.1 Å². The summed E-state index contributed by atoms with van der Waals surface area (Å²) in [5.41, 5.74) is 4.80. The third-order valence-corrected chi connectivity index (χ3v) is 4.92. The number of carbonyl (C=O) groups is 2. The first-order valence-corrected chi connectivity index (χ1v) is 9.15. The van der Waals surface area contributed by atoms with Crippen molar-refractivity contribution in [2.24, 2.45) is 7.05 Å². The van der Waals surface area contributed by atoms with Gasteiger partial charge in [0.15, 0.2) is 0 Å². The first-order chi connectivity index (χ1) is 13.8. The Balaban J connectivity index is 1.85. The molecule has 0 bridgehead atoms. The topological polar surface area (TPSA) is 83.3 Å². The van der Waals surface area contributed by atoms with Gasteiger partial charge in [-0.1, -0.05) is 18.2 Å². The molecule has 1 aromatic carbocycles. The van der Waals surface area contributed by atoms with E-state index in [0.29, 0.717) is 11.3 Å². The molecule has 0 saturated heterocycles. The number of methoxy groups -OCH3 is 1. The number of esters is 2. The van der Waals surface area contributed by atoms with E-state index in [-0.39, 0.29) is 6.61 Å². The number of aryl methyl sites for hydroxylation is 3. The average molecular weight is 393 g/mol. The number of aromatic nitrogens is 3. The molecular weight excluding hydrogens is 370 g/mol. The molecule has 2 aromatic heterocycles. The molecule has 0 aliphatic carbocycles. The smallest absolute Gasteiger partial charge is 0.340 e. The summed E-state index contributed by atoms with van der Waals surface area (Å²) in [4.78, 5) is 29.1. The van der Waals surface area contributed by atoms with Crippen LogP contribution in [0.3, 0.4) is 0 Å². The van der Waals surface area contributed by atoms with Crippen LogP contribution in [0.25, 0.3) is 17.0 Å². The maximum Gasteiger partial charge on any atom is 0.340 e. The van der Waals surface area contributed by atoms with Crippen LogP contribution in [0, 0.1) is 20.8 Å². The molecule has 0 spiro atoms. The highest BCUT2D eigenvalue weighted by Gasteiger charge is 2.20. The Morgan fingerprint density at radius 3 is 2.55 bits per heavy atom. The van der Waals surface area contributed by atoms with Crippen LogP contribution in [0.1, 0.15) is 38.6 Å². The van der Waals surface area contributed by atoms with Crippen molar-refractivity contribution in [1.82, 2.24) is 14.8 Å². The van der Waals surface area contributed by atoms with Gasteiger partial charge >= 0.3 is 11.9 Å². The minimum absolute atomic E-state index is 0.135. The van der Waals surface area contributed by atoms with E-state index < -0.39 is 11.9 Å². The van der Waals surface area contributed by atoms with Gasteiger partial charge in [0, 0.05) is 29.8 Å². The van der Waals surface area contributed by atoms with Crippen LogP contribution in [-0.4, -0.2) is 33.8 Å². The van der Waals surface area contributed by atoms with Gasteiger partial charge in [0.2, 0.25) is 0 Å². The summed E-state index contributed by atoms with van der Waals surface area (Å²) in [5.74, 6) is -1.04. The Morgan fingerprint density at radius 1 is 1.17 bits per heavy atom. The maximum absolute atomic E-state index is 12.3. The standard InChI is InChI=1S/C22H23N3O4/c1-13-16-8-6-7-9-18(16)23-19(21(13)22(27)28-5)12-29-20(26)11-10-17-14(2)24-25(4)15(17)3/h6-11H,12H2,1-5H3/b11-10+. The summed E-state index contributed by atoms with van der Waals surface area (Å²) in [6, 6.07) is 7.48. The van der Waals surface area contributed by atoms with E-state index in [9.17, 15) is 9.59 Å². The van der Waals surface area contributed by atoms with E-state index in [4.69, 9.17) is 9.47 Å². The molecule has 0 N–H and O–H groups in total. The molecule has 0 fully saturated rings. The van der Waals surface area contributed by atoms with E-state index in [1.54, 1.807) is 10.8 Å². The molecule has 0 saturated carbocycles. The number of benzene rings is 1. The molecule has 2 heterocycles. The molecule has 7 nitrogen and oxygen atoms in total. The summed E-state index contributed by atoms with van der Waals surface area (Å²) in [7, 11) is 3.16. The lowest BCUT2D eigenvalue weighted by molar-refractivity contribution is -0.139. The lowest BCUT2D eigenvalue weighted by atomic mass is 10.0. The third-order valence-electron chi connectivity index (χ3n) is 4.92. The fraction of sp³-hybridized carbons (Fsp3) is 0.273.